The third kappa shape index (κ3) is 10.1. The van der Waals surface area contributed by atoms with Gasteiger partial charge in [0.2, 0.25) is 0 Å². The smallest absolute Gasteiger partial charge is 0.0814 e. The van der Waals surface area contributed by atoms with Gasteiger partial charge in [0.1, 0.15) is 0 Å². The fraction of sp³-hybridized carbons (Fsp3) is 0. The van der Waals surface area contributed by atoms with E-state index in [2.05, 4.69) is 0 Å². The van der Waals surface area contributed by atoms with E-state index in [-0.39, 0.29) is 54.9 Å². The predicted octanol–water partition coefficient (Wildman–Crippen LogP) is -0.343. The van der Waals surface area contributed by atoms with Gasteiger partial charge in [-0.2, -0.15) is 0 Å². The molecule has 0 aliphatic rings. The molecule has 0 bridgehead atoms. The van der Waals surface area contributed by atoms with Gasteiger partial charge in [0.25, 0.3) is 0 Å². The molecule has 0 unspecified atom stereocenters. The van der Waals surface area contributed by atoms with E-state index in [1.54, 1.807) is 0 Å². The van der Waals surface area contributed by atoms with Gasteiger partial charge in [0.05, 0.1) is 8.41 Å². The molecule has 0 atom stereocenters. The molecule has 0 aromatic heterocycles. The molecule has 0 fully saturated rings. The molecule has 0 nitrogen and oxygen atoms in total. The maximum Gasteiger partial charge on any atom is 0.0814 e. The Balaban J connectivity index is 0. The van der Waals surface area contributed by atoms with Gasteiger partial charge in [0, 0.05) is 21.7 Å². The van der Waals surface area contributed by atoms with Crippen LogP contribution in [0.15, 0.2) is 0 Å². The first-order valence-electron chi connectivity index (χ1n) is 0. The zero-order valence-electron chi connectivity index (χ0n) is 1.32. The Kier molecular flexibility index (Phi) is 367. The monoisotopic (exact) mass is 134 g/mol. The second-order valence-corrected chi connectivity index (χ2v) is 0. The SMILES string of the molecule is B.Cl.Cl.[Ti]. The zero-order chi connectivity index (χ0) is 0. The molecular formula is H5BCl2Ti. The molecule has 0 heterocycles. The minimum absolute atomic E-state index is 0. The summed E-state index contributed by atoms with van der Waals surface area (Å²) in [6.45, 7) is 0. The molecule has 0 saturated carbocycles. The van der Waals surface area contributed by atoms with Crippen molar-refractivity contribution in [3.8, 4) is 0 Å². The second-order valence-electron chi connectivity index (χ2n) is 0. The van der Waals surface area contributed by atoms with Crippen molar-refractivity contribution >= 4 is 33.2 Å². The minimum atomic E-state index is 0. The maximum atomic E-state index is 0. The normalized spacial score (nSPS) is 0. The molecule has 0 aliphatic carbocycles. The quantitative estimate of drug-likeness (QED) is 0.398. The van der Waals surface area contributed by atoms with Crippen molar-refractivity contribution in [1.82, 2.24) is 0 Å². The summed E-state index contributed by atoms with van der Waals surface area (Å²) in [5, 5.41) is 0. The first kappa shape index (κ1) is 55.1. The summed E-state index contributed by atoms with van der Waals surface area (Å²) in [5.41, 5.74) is 0. The summed E-state index contributed by atoms with van der Waals surface area (Å²) in [6.07, 6.45) is 0. The van der Waals surface area contributed by atoms with E-state index >= 15 is 0 Å². The van der Waals surface area contributed by atoms with Crippen molar-refractivity contribution < 1.29 is 21.7 Å². The molecular weight excluding hydrogens is 130 g/mol. The van der Waals surface area contributed by atoms with Crippen LogP contribution in [0.5, 0.6) is 0 Å². The molecule has 0 saturated heterocycles. The summed E-state index contributed by atoms with van der Waals surface area (Å²) in [6, 6.07) is 0. The summed E-state index contributed by atoms with van der Waals surface area (Å²) in [4.78, 5) is 0. The average Bonchev–Trinajstić information content (AvgIpc) is 0. The Labute approximate surface area is 55.0 Å². The number of hydrogen-bond acceptors (Lipinski definition) is 0. The van der Waals surface area contributed by atoms with E-state index < -0.39 is 0 Å². The largest absolute Gasteiger partial charge is 0.147 e. The van der Waals surface area contributed by atoms with Crippen LogP contribution < -0.4 is 0 Å². The van der Waals surface area contributed by atoms with Crippen LogP contribution in [0.25, 0.3) is 0 Å². The van der Waals surface area contributed by atoms with Crippen LogP contribution in [-0.4, -0.2) is 8.41 Å². The average molecular weight is 135 g/mol. The first-order chi connectivity index (χ1) is 0. The fourth-order valence-corrected chi connectivity index (χ4v) is 0. The molecule has 0 aliphatic heterocycles. The molecule has 0 spiro atoms. The van der Waals surface area contributed by atoms with Gasteiger partial charge in [0.15, 0.2) is 0 Å². The van der Waals surface area contributed by atoms with Crippen LogP contribution in [0, 0.1) is 0 Å². The third-order valence-electron chi connectivity index (χ3n) is 0. The van der Waals surface area contributed by atoms with E-state index in [1.165, 1.54) is 0 Å². The van der Waals surface area contributed by atoms with Gasteiger partial charge in [-0.1, -0.05) is 0 Å². The molecule has 0 N–H and O–H groups in total. The van der Waals surface area contributed by atoms with Crippen molar-refractivity contribution in [3.63, 3.8) is 0 Å². The summed E-state index contributed by atoms with van der Waals surface area (Å²) >= 11 is 0. The van der Waals surface area contributed by atoms with E-state index in [0.29, 0.717) is 0 Å². The molecule has 0 radical (unpaired) electrons. The summed E-state index contributed by atoms with van der Waals surface area (Å²) in [7, 11) is 0. The van der Waals surface area contributed by atoms with Gasteiger partial charge in [-0.15, -0.1) is 24.8 Å². The number of hydrogen-bond donors (Lipinski definition) is 0. The molecule has 4 heteroatoms. The van der Waals surface area contributed by atoms with Crippen LogP contribution in [0.4, 0.5) is 0 Å². The van der Waals surface area contributed by atoms with Crippen molar-refractivity contribution in [1.29, 1.82) is 0 Å². The van der Waals surface area contributed by atoms with E-state index in [9.17, 15) is 0 Å². The van der Waals surface area contributed by atoms with Gasteiger partial charge >= 0.3 is 0 Å². The van der Waals surface area contributed by atoms with E-state index in [4.69, 9.17) is 0 Å². The van der Waals surface area contributed by atoms with Crippen LogP contribution in [0.1, 0.15) is 0 Å². The molecule has 0 aromatic carbocycles. The van der Waals surface area contributed by atoms with Gasteiger partial charge in [-0.3, -0.25) is 0 Å². The maximum absolute atomic E-state index is 0. The van der Waals surface area contributed by atoms with Crippen LogP contribution in [0.3, 0.4) is 0 Å². The Morgan fingerprint density at radius 1 is 0.750 bits per heavy atom. The van der Waals surface area contributed by atoms with Crippen LogP contribution in [0.2, 0.25) is 0 Å². The van der Waals surface area contributed by atoms with Crippen LogP contribution >= 0.6 is 24.8 Å². The van der Waals surface area contributed by atoms with E-state index in [1.807, 2.05) is 0 Å². The minimum Gasteiger partial charge on any atom is -0.147 e. The topological polar surface area (TPSA) is 0 Å². The van der Waals surface area contributed by atoms with Crippen molar-refractivity contribution in [3.05, 3.63) is 0 Å². The summed E-state index contributed by atoms with van der Waals surface area (Å²) < 4.78 is 0. The van der Waals surface area contributed by atoms with Crippen molar-refractivity contribution in [2.45, 2.75) is 0 Å². The third-order valence-corrected chi connectivity index (χ3v) is 0. The Hall–Kier alpha value is 1.36. The number of halogens is 2. The Morgan fingerprint density at radius 2 is 0.750 bits per heavy atom. The molecule has 4 heavy (non-hydrogen) atoms. The van der Waals surface area contributed by atoms with Crippen LogP contribution in [-0.2, 0) is 21.7 Å². The molecule has 0 rings (SSSR count). The van der Waals surface area contributed by atoms with Crippen molar-refractivity contribution in [2.24, 2.45) is 0 Å². The Morgan fingerprint density at radius 3 is 0.750 bits per heavy atom. The molecule has 0 amide bonds. The van der Waals surface area contributed by atoms with Gasteiger partial charge < -0.3 is 0 Å². The number of rotatable bonds is 0. The zero-order valence-corrected chi connectivity index (χ0v) is 4.51. The van der Waals surface area contributed by atoms with E-state index in [0.717, 1.165) is 0 Å². The first-order valence-corrected chi connectivity index (χ1v) is 0. The Bertz CT molecular complexity index is 6.00. The van der Waals surface area contributed by atoms with Gasteiger partial charge in [-0.25, -0.2) is 0 Å². The van der Waals surface area contributed by atoms with Gasteiger partial charge in [-0.05, 0) is 0 Å². The fourth-order valence-electron chi connectivity index (χ4n) is 0. The molecule has 0 aromatic rings. The standard InChI is InChI=1S/BH3.2ClH.Ti/h1H3;2*1H;. The predicted molar refractivity (Wildman–Crippen MR) is 24.4 cm³/mol. The molecule has 26 valence electrons. The second kappa shape index (κ2) is 26.6. The van der Waals surface area contributed by atoms with Crippen molar-refractivity contribution in [2.75, 3.05) is 0 Å². The summed E-state index contributed by atoms with van der Waals surface area (Å²) in [5.74, 6) is 0.